The van der Waals surface area contributed by atoms with Crippen LogP contribution >= 0.6 is 11.3 Å². The number of hydrogen-bond acceptors (Lipinski definition) is 3. The van der Waals surface area contributed by atoms with Crippen LogP contribution in [0.3, 0.4) is 0 Å². The maximum Gasteiger partial charge on any atom is 0.261 e. The predicted octanol–water partition coefficient (Wildman–Crippen LogP) is 5.22. The van der Waals surface area contributed by atoms with Crippen LogP contribution in [-0.2, 0) is 19.3 Å². The molecule has 1 aliphatic carbocycles. The number of aryl methyl sites for hydroxylation is 2. The van der Waals surface area contributed by atoms with Gasteiger partial charge in [0.25, 0.3) is 11.8 Å². The SMILES string of the molecule is O=C(Nc1sc2c(c1C(=O)N1CCCc3ccccc31)CCC2)c1ccc(F)cc1. The molecule has 1 aromatic heterocycles. The van der Waals surface area contributed by atoms with Crippen LogP contribution in [0.1, 0.15) is 49.6 Å². The number of hydrogen-bond donors (Lipinski definition) is 1. The number of halogens is 1. The number of carbonyl (C=O) groups excluding carboxylic acids is 2. The Labute approximate surface area is 178 Å². The maximum atomic E-state index is 13.7. The first-order chi connectivity index (χ1) is 14.6. The van der Waals surface area contributed by atoms with Crippen molar-refractivity contribution in [3.05, 3.63) is 81.5 Å². The van der Waals surface area contributed by atoms with Crippen molar-refractivity contribution in [2.45, 2.75) is 32.1 Å². The van der Waals surface area contributed by atoms with Gasteiger partial charge >= 0.3 is 0 Å². The van der Waals surface area contributed by atoms with Crippen LogP contribution in [0.15, 0.2) is 48.5 Å². The zero-order chi connectivity index (χ0) is 20.7. The lowest BCUT2D eigenvalue weighted by molar-refractivity contribution is 0.0985. The highest BCUT2D eigenvalue weighted by atomic mass is 32.1. The van der Waals surface area contributed by atoms with E-state index < -0.39 is 0 Å². The second-order valence-electron chi connectivity index (χ2n) is 7.71. The van der Waals surface area contributed by atoms with Gasteiger partial charge in [0.1, 0.15) is 10.8 Å². The van der Waals surface area contributed by atoms with Crippen molar-refractivity contribution < 1.29 is 14.0 Å². The Kier molecular flexibility index (Phi) is 4.87. The normalized spacial score (nSPS) is 14.9. The van der Waals surface area contributed by atoms with Crippen molar-refractivity contribution in [3.63, 3.8) is 0 Å². The van der Waals surface area contributed by atoms with E-state index in [2.05, 4.69) is 11.4 Å². The lowest BCUT2D eigenvalue weighted by Gasteiger charge is -2.30. The predicted molar refractivity (Wildman–Crippen MR) is 117 cm³/mol. The highest BCUT2D eigenvalue weighted by Crippen LogP contribution is 2.41. The quantitative estimate of drug-likeness (QED) is 0.631. The third kappa shape index (κ3) is 3.31. The van der Waals surface area contributed by atoms with Gasteiger partial charge in [-0.25, -0.2) is 4.39 Å². The van der Waals surface area contributed by atoms with Crippen molar-refractivity contribution in [2.24, 2.45) is 0 Å². The van der Waals surface area contributed by atoms with Crippen molar-refractivity contribution in [1.29, 1.82) is 0 Å². The van der Waals surface area contributed by atoms with Crippen molar-refractivity contribution in [3.8, 4) is 0 Å². The summed E-state index contributed by atoms with van der Waals surface area (Å²) < 4.78 is 13.2. The van der Waals surface area contributed by atoms with E-state index in [-0.39, 0.29) is 17.6 Å². The lowest BCUT2D eigenvalue weighted by Crippen LogP contribution is -2.36. The number of amides is 2. The smallest absolute Gasteiger partial charge is 0.261 e. The third-order valence-corrected chi connectivity index (χ3v) is 7.03. The number of anilines is 2. The fraction of sp³-hybridized carbons (Fsp3) is 0.250. The van der Waals surface area contributed by atoms with Crippen molar-refractivity contribution >= 4 is 33.8 Å². The number of nitrogens with one attached hydrogen (secondary N) is 1. The molecular formula is C24H21FN2O2S. The highest BCUT2D eigenvalue weighted by molar-refractivity contribution is 7.17. The second kappa shape index (κ2) is 7.69. The number of benzene rings is 2. The summed E-state index contributed by atoms with van der Waals surface area (Å²) in [5.41, 5.74) is 4.21. The van der Waals surface area contributed by atoms with E-state index in [1.165, 1.54) is 46.0 Å². The summed E-state index contributed by atoms with van der Waals surface area (Å²) in [5.74, 6) is -0.764. The van der Waals surface area contributed by atoms with E-state index in [9.17, 15) is 14.0 Å². The Morgan fingerprint density at radius 2 is 1.77 bits per heavy atom. The molecule has 3 aromatic rings. The monoisotopic (exact) mass is 420 g/mol. The van der Waals surface area contributed by atoms with Gasteiger partial charge in [-0.3, -0.25) is 9.59 Å². The molecule has 152 valence electrons. The summed E-state index contributed by atoms with van der Waals surface area (Å²) in [4.78, 5) is 29.5. The average Bonchev–Trinajstić information content (AvgIpc) is 3.34. The fourth-order valence-corrected chi connectivity index (χ4v) is 5.65. The molecule has 6 heteroatoms. The molecular weight excluding hydrogens is 399 g/mol. The van der Waals surface area contributed by atoms with Crippen molar-refractivity contribution in [2.75, 3.05) is 16.8 Å². The second-order valence-corrected chi connectivity index (χ2v) is 8.82. The van der Waals surface area contributed by atoms with Crippen LogP contribution in [0.25, 0.3) is 0 Å². The van der Waals surface area contributed by atoms with E-state index in [0.29, 0.717) is 22.7 Å². The molecule has 0 bridgehead atoms. The number of carbonyl (C=O) groups is 2. The summed E-state index contributed by atoms with van der Waals surface area (Å²) >= 11 is 1.49. The Hall–Kier alpha value is -2.99. The van der Waals surface area contributed by atoms with Crippen LogP contribution in [-0.4, -0.2) is 18.4 Å². The minimum Gasteiger partial charge on any atom is -0.313 e. The first-order valence-corrected chi connectivity index (χ1v) is 11.0. The number of rotatable bonds is 3. The number of nitrogens with zero attached hydrogens (tertiary/aromatic N) is 1. The third-order valence-electron chi connectivity index (χ3n) is 5.82. The average molecular weight is 421 g/mol. The first kappa shape index (κ1) is 19.0. The van der Waals surface area contributed by atoms with E-state index in [1.54, 1.807) is 0 Å². The maximum absolute atomic E-state index is 13.7. The van der Waals surface area contributed by atoms with Crippen molar-refractivity contribution in [1.82, 2.24) is 0 Å². The Balaban J connectivity index is 1.50. The molecule has 2 aromatic carbocycles. The van der Waals surface area contributed by atoms with Gasteiger partial charge in [-0.2, -0.15) is 0 Å². The van der Waals surface area contributed by atoms with Gasteiger partial charge in [-0.15, -0.1) is 11.3 Å². The molecule has 0 unspecified atom stereocenters. The van der Waals surface area contributed by atoms with Gasteiger partial charge in [-0.05, 0) is 73.6 Å². The molecule has 0 saturated heterocycles. The molecule has 30 heavy (non-hydrogen) atoms. The van der Waals surface area contributed by atoms with E-state index in [0.717, 1.165) is 43.4 Å². The molecule has 2 aliphatic rings. The lowest BCUT2D eigenvalue weighted by atomic mass is 10.00. The molecule has 5 rings (SSSR count). The fourth-order valence-electron chi connectivity index (χ4n) is 4.37. The topological polar surface area (TPSA) is 49.4 Å². The number of thiophene rings is 1. The first-order valence-electron chi connectivity index (χ1n) is 10.2. The summed E-state index contributed by atoms with van der Waals surface area (Å²) in [6.45, 7) is 0.672. The number of fused-ring (bicyclic) bond motifs is 2. The zero-order valence-corrected chi connectivity index (χ0v) is 17.2. The van der Waals surface area contributed by atoms with Crippen LogP contribution in [0.2, 0.25) is 0 Å². The molecule has 1 N–H and O–H groups in total. The molecule has 2 heterocycles. The van der Waals surface area contributed by atoms with Gasteiger partial charge < -0.3 is 10.2 Å². The van der Waals surface area contributed by atoms with Gasteiger partial charge in [0.2, 0.25) is 0 Å². The Bertz CT molecular complexity index is 1140. The molecule has 2 amide bonds. The molecule has 0 fully saturated rings. The molecule has 4 nitrogen and oxygen atoms in total. The number of para-hydroxylation sites is 1. The molecule has 0 saturated carbocycles. The van der Waals surface area contributed by atoms with Gasteiger partial charge in [0, 0.05) is 22.7 Å². The Morgan fingerprint density at radius 1 is 0.967 bits per heavy atom. The minimum absolute atomic E-state index is 0.0454. The largest absolute Gasteiger partial charge is 0.313 e. The highest BCUT2D eigenvalue weighted by Gasteiger charge is 2.32. The summed E-state index contributed by atoms with van der Waals surface area (Å²) in [6, 6.07) is 13.5. The van der Waals surface area contributed by atoms with Crippen LogP contribution in [0, 0.1) is 5.82 Å². The summed E-state index contributed by atoms with van der Waals surface area (Å²) in [5, 5.41) is 3.53. The van der Waals surface area contributed by atoms with Gasteiger partial charge in [0.05, 0.1) is 5.56 Å². The van der Waals surface area contributed by atoms with Gasteiger partial charge in [0.15, 0.2) is 0 Å². The Morgan fingerprint density at radius 3 is 2.60 bits per heavy atom. The van der Waals surface area contributed by atoms with Gasteiger partial charge in [-0.1, -0.05) is 18.2 Å². The standard InChI is InChI=1S/C24H21FN2O2S/c25-17-12-10-16(11-13-17)22(28)26-23-21(18-7-3-9-20(18)30-23)24(29)27-14-4-6-15-5-1-2-8-19(15)27/h1-2,5,8,10-13H,3-4,6-7,9,14H2,(H,26,28). The molecule has 0 radical (unpaired) electrons. The zero-order valence-electron chi connectivity index (χ0n) is 16.4. The molecule has 1 aliphatic heterocycles. The van der Waals surface area contributed by atoms with Crippen LogP contribution in [0.4, 0.5) is 15.1 Å². The van der Waals surface area contributed by atoms with Crippen LogP contribution in [0.5, 0.6) is 0 Å². The van der Waals surface area contributed by atoms with E-state index in [4.69, 9.17) is 0 Å². The van der Waals surface area contributed by atoms with E-state index >= 15 is 0 Å². The summed E-state index contributed by atoms with van der Waals surface area (Å²) in [7, 11) is 0. The summed E-state index contributed by atoms with van der Waals surface area (Å²) in [6.07, 6.45) is 4.71. The van der Waals surface area contributed by atoms with E-state index in [1.807, 2.05) is 23.1 Å². The minimum atomic E-state index is -0.388. The van der Waals surface area contributed by atoms with Crippen LogP contribution < -0.4 is 10.2 Å². The molecule has 0 spiro atoms. The molecule has 0 atom stereocenters.